The van der Waals surface area contributed by atoms with Gasteiger partial charge in [0.2, 0.25) is 5.96 Å². The standard InChI is InChI=1S/C19H23N5S/c1-4-5-6-7-8-15-9-11-16(12-10-15)18-22-13(2)17(25-18)14(3)23-24-19(20)21/h9-12H,4-6H2,1-3H3,(H4,20,21,24)/b23-14+. The van der Waals surface area contributed by atoms with E-state index in [4.69, 9.17) is 11.5 Å². The van der Waals surface area contributed by atoms with Crippen LogP contribution in [0.4, 0.5) is 0 Å². The van der Waals surface area contributed by atoms with Crippen LogP contribution in [0.25, 0.3) is 10.6 Å². The van der Waals surface area contributed by atoms with Crippen molar-refractivity contribution in [3.05, 3.63) is 40.4 Å². The van der Waals surface area contributed by atoms with E-state index in [1.807, 2.05) is 38.1 Å². The van der Waals surface area contributed by atoms with Crippen LogP contribution in [-0.2, 0) is 0 Å². The Labute approximate surface area is 152 Å². The zero-order chi connectivity index (χ0) is 18.2. The number of rotatable bonds is 5. The van der Waals surface area contributed by atoms with Gasteiger partial charge >= 0.3 is 0 Å². The van der Waals surface area contributed by atoms with Crippen molar-refractivity contribution in [2.24, 2.45) is 21.7 Å². The number of thiazole rings is 1. The molecule has 2 aromatic rings. The van der Waals surface area contributed by atoms with Crippen molar-refractivity contribution in [2.75, 3.05) is 0 Å². The molecule has 0 amide bonds. The lowest BCUT2D eigenvalue weighted by Crippen LogP contribution is -2.22. The molecule has 0 unspecified atom stereocenters. The van der Waals surface area contributed by atoms with Crippen LogP contribution in [0.5, 0.6) is 0 Å². The lowest BCUT2D eigenvalue weighted by Gasteiger charge is -1.96. The molecular weight excluding hydrogens is 330 g/mol. The number of nitrogens with zero attached hydrogens (tertiary/aromatic N) is 3. The third-order valence-electron chi connectivity index (χ3n) is 3.46. The van der Waals surface area contributed by atoms with Gasteiger partial charge in [0, 0.05) is 17.5 Å². The van der Waals surface area contributed by atoms with Crippen molar-refractivity contribution in [2.45, 2.75) is 40.0 Å². The molecule has 0 spiro atoms. The van der Waals surface area contributed by atoms with Crippen LogP contribution in [0.1, 0.15) is 49.2 Å². The molecule has 5 nitrogen and oxygen atoms in total. The van der Waals surface area contributed by atoms with Gasteiger partial charge in [-0.3, -0.25) is 0 Å². The largest absolute Gasteiger partial charge is 0.369 e. The summed E-state index contributed by atoms with van der Waals surface area (Å²) in [6.07, 6.45) is 3.26. The summed E-state index contributed by atoms with van der Waals surface area (Å²) >= 11 is 1.57. The maximum absolute atomic E-state index is 5.32. The van der Waals surface area contributed by atoms with E-state index in [2.05, 4.69) is 34.0 Å². The second kappa shape index (κ2) is 9.00. The van der Waals surface area contributed by atoms with Crippen molar-refractivity contribution in [3.8, 4) is 22.4 Å². The predicted octanol–water partition coefficient (Wildman–Crippen LogP) is 3.66. The van der Waals surface area contributed by atoms with Crippen molar-refractivity contribution < 1.29 is 0 Å². The molecule has 130 valence electrons. The molecule has 0 atom stereocenters. The van der Waals surface area contributed by atoms with E-state index in [0.29, 0.717) is 0 Å². The molecule has 0 aliphatic rings. The summed E-state index contributed by atoms with van der Waals surface area (Å²) in [7, 11) is 0. The molecule has 0 radical (unpaired) electrons. The van der Waals surface area contributed by atoms with Gasteiger partial charge in [-0.15, -0.1) is 16.4 Å². The van der Waals surface area contributed by atoms with Crippen molar-refractivity contribution in [1.82, 2.24) is 4.98 Å². The summed E-state index contributed by atoms with van der Waals surface area (Å²) in [5, 5.41) is 8.67. The highest BCUT2D eigenvalue weighted by Gasteiger charge is 2.12. The van der Waals surface area contributed by atoms with Crippen molar-refractivity contribution in [3.63, 3.8) is 0 Å². The SMILES string of the molecule is CCCCC#Cc1ccc(-c2nc(C)c(/C(C)=N/N=C(N)N)s2)cc1. The molecular formula is C19H23N5S. The van der Waals surface area contributed by atoms with Gasteiger partial charge in [-0.1, -0.05) is 37.3 Å². The minimum absolute atomic E-state index is 0.0580. The van der Waals surface area contributed by atoms with Crippen molar-refractivity contribution >= 4 is 23.0 Å². The minimum atomic E-state index is -0.0580. The van der Waals surface area contributed by atoms with Crippen LogP contribution in [0.2, 0.25) is 0 Å². The molecule has 1 aromatic carbocycles. The molecule has 1 heterocycles. The van der Waals surface area contributed by atoms with Gasteiger partial charge < -0.3 is 11.5 Å². The summed E-state index contributed by atoms with van der Waals surface area (Å²) in [6, 6.07) is 8.17. The third kappa shape index (κ3) is 5.44. The summed E-state index contributed by atoms with van der Waals surface area (Å²) in [4.78, 5) is 5.61. The third-order valence-corrected chi connectivity index (χ3v) is 4.78. The first-order valence-electron chi connectivity index (χ1n) is 8.21. The topological polar surface area (TPSA) is 89.6 Å². The molecule has 6 heteroatoms. The van der Waals surface area contributed by atoms with E-state index in [1.165, 1.54) is 6.42 Å². The first-order valence-corrected chi connectivity index (χ1v) is 9.03. The Balaban J connectivity index is 2.19. The highest BCUT2D eigenvalue weighted by Crippen LogP contribution is 2.28. The Kier molecular flexibility index (Phi) is 6.72. The highest BCUT2D eigenvalue weighted by molar-refractivity contribution is 7.17. The first kappa shape index (κ1) is 18.7. The zero-order valence-corrected chi connectivity index (χ0v) is 15.7. The minimum Gasteiger partial charge on any atom is -0.369 e. The molecule has 0 saturated heterocycles. The van der Waals surface area contributed by atoms with Gasteiger partial charge in [-0.2, -0.15) is 5.10 Å². The normalized spacial score (nSPS) is 10.9. The number of benzene rings is 1. The Morgan fingerprint density at radius 2 is 1.92 bits per heavy atom. The lowest BCUT2D eigenvalue weighted by atomic mass is 10.1. The highest BCUT2D eigenvalue weighted by atomic mass is 32.1. The van der Waals surface area contributed by atoms with Crippen LogP contribution in [0, 0.1) is 18.8 Å². The van der Waals surface area contributed by atoms with E-state index in [-0.39, 0.29) is 5.96 Å². The number of aromatic nitrogens is 1. The average molecular weight is 353 g/mol. The number of guanidine groups is 1. The van der Waals surface area contributed by atoms with Gasteiger partial charge in [0.25, 0.3) is 0 Å². The number of hydrogen-bond acceptors (Lipinski definition) is 4. The molecule has 0 saturated carbocycles. The molecule has 0 fully saturated rings. The summed E-state index contributed by atoms with van der Waals surface area (Å²) < 4.78 is 0. The predicted molar refractivity (Wildman–Crippen MR) is 107 cm³/mol. The number of aryl methyl sites for hydroxylation is 1. The van der Waals surface area contributed by atoms with Crippen LogP contribution in [0.15, 0.2) is 34.5 Å². The van der Waals surface area contributed by atoms with E-state index in [9.17, 15) is 0 Å². The van der Waals surface area contributed by atoms with Gasteiger partial charge in [-0.05, 0) is 32.4 Å². The molecule has 4 N–H and O–H groups in total. The average Bonchev–Trinajstić information content (AvgIpc) is 2.99. The molecule has 2 rings (SSSR count). The van der Waals surface area contributed by atoms with E-state index < -0.39 is 0 Å². The number of nitrogens with two attached hydrogens (primary N) is 2. The molecule has 0 bridgehead atoms. The zero-order valence-electron chi connectivity index (χ0n) is 14.8. The molecule has 25 heavy (non-hydrogen) atoms. The fourth-order valence-electron chi connectivity index (χ4n) is 2.16. The van der Waals surface area contributed by atoms with E-state index in [0.717, 1.165) is 45.3 Å². The quantitative estimate of drug-likeness (QED) is 0.283. The Morgan fingerprint density at radius 1 is 1.20 bits per heavy atom. The van der Waals surface area contributed by atoms with Gasteiger partial charge in [0.15, 0.2) is 0 Å². The maximum Gasteiger partial charge on any atom is 0.211 e. The van der Waals surface area contributed by atoms with Crippen molar-refractivity contribution in [1.29, 1.82) is 0 Å². The van der Waals surface area contributed by atoms with E-state index >= 15 is 0 Å². The summed E-state index contributed by atoms with van der Waals surface area (Å²) in [6.45, 7) is 5.99. The second-order valence-electron chi connectivity index (χ2n) is 5.63. The van der Waals surface area contributed by atoms with Crippen LogP contribution >= 0.6 is 11.3 Å². The maximum atomic E-state index is 5.32. The van der Waals surface area contributed by atoms with Gasteiger partial charge in [0.05, 0.1) is 16.3 Å². The monoisotopic (exact) mass is 353 g/mol. The Morgan fingerprint density at radius 3 is 2.56 bits per heavy atom. The van der Waals surface area contributed by atoms with Crippen LogP contribution in [-0.4, -0.2) is 16.7 Å². The van der Waals surface area contributed by atoms with Crippen LogP contribution < -0.4 is 11.5 Å². The second-order valence-corrected chi connectivity index (χ2v) is 6.63. The number of unbranched alkanes of at least 4 members (excludes halogenated alkanes) is 2. The van der Waals surface area contributed by atoms with Gasteiger partial charge in [-0.25, -0.2) is 4.98 Å². The summed E-state index contributed by atoms with van der Waals surface area (Å²) in [5.74, 6) is 6.34. The lowest BCUT2D eigenvalue weighted by molar-refractivity contribution is 0.828. The Hall–Kier alpha value is -2.65. The molecule has 0 aliphatic heterocycles. The molecule has 1 aromatic heterocycles. The van der Waals surface area contributed by atoms with Crippen LogP contribution in [0.3, 0.4) is 0 Å². The fourth-order valence-corrected chi connectivity index (χ4v) is 3.17. The van der Waals surface area contributed by atoms with E-state index in [1.54, 1.807) is 11.3 Å². The fraction of sp³-hybridized carbons (Fsp3) is 0.316. The Bertz CT molecular complexity index is 831. The summed E-state index contributed by atoms with van der Waals surface area (Å²) in [5.41, 5.74) is 14.4. The number of hydrogen-bond donors (Lipinski definition) is 2. The molecule has 0 aliphatic carbocycles. The smallest absolute Gasteiger partial charge is 0.211 e. The first-order chi connectivity index (χ1) is 12.0. The van der Waals surface area contributed by atoms with Gasteiger partial charge in [0.1, 0.15) is 5.01 Å².